The summed E-state index contributed by atoms with van der Waals surface area (Å²) in [5, 5.41) is 5.46. The van der Waals surface area contributed by atoms with Gasteiger partial charge in [0, 0.05) is 41.9 Å². The van der Waals surface area contributed by atoms with Gasteiger partial charge in [-0.15, -0.1) is 0 Å². The second-order valence-electron chi connectivity index (χ2n) is 8.96. The Morgan fingerprint density at radius 2 is 1.64 bits per heavy atom. The molecule has 0 bridgehead atoms. The summed E-state index contributed by atoms with van der Waals surface area (Å²) >= 11 is 0. The van der Waals surface area contributed by atoms with E-state index in [4.69, 9.17) is 8.83 Å². The summed E-state index contributed by atoms with van der Waals surface area (Å²) in [7, 11) is 0. The van der Waals surface area contributed by atoms with E-state index in [9.17, 15) is 22.8 Å². The molecule has 0 radical (unpaired) electrons. The molecule has 0 unspecified atom stereocenters. The molecule has 2 heterocycles. The average molecular weight is 504 g/mol. The summed E-state index contributed by atoms with van der Waals surface area (Å²) in [5.74, 6) is -1.13. The van der Waals surface area contributed by atoms with Crippen molar-refractivity contribution < 1.29 is 31.6 Å². The maximum Gasteiger partial charge on any atom is 0.416 e. The van der Waals surface area contributed by atoms with Crippen molar-refractivity contribution in [1.82, 2.24) is 15.5 Å². The molecule has 10 heteroatoms. The Morgan fingerprint density at radius 3 is 2.25 bits per heavy atom. The van der Waals surface area contributed by atoms with E-state index in [0.29, 0.717) is 13.1 Å². The van der Waals surface area contributed by atoms with Gasteiger partial charge in [0.2, 0.25) is 5.91 Å². The number of furan rings is 2. The molecule has 2 aromatic heterocycles. The molecule has 0 saturated heterocycles. The Bertz CT molecular complexity index is 1090. The first-order valence-electron chi connectivity index (χ1n) is 11.8. The number of nitrogens with one attached hydrogen (secondary N) is 2. The molecule has 7 nitrogen and oxygen atoms in total. The van der Waals surface area contributed by atoms with E-state index in [1.165, 1.54) is 12.1 Å². The van der Waals surface area contributed by atoms with Crippen LogP contribution in [0.15, 0.2) is 70.3 Å². The van der Waals surface area contributed by atoms with Crippen LogP contribution in [-0.4, -0.2) is 35.3 Å². The van der Waals surface area contributed by atoms with E-state index in [1.807, 2.05) is 12.1 Å². The van der Waals surface area contributed by atoms with Crippen LogP contribution in [-0.2, 0) is 24.1 Å². The number of carbonyl (C=O) groups is 2. The summed E-state index contributed by atoms with van der Waals surface area (Å²) in [5.41, 5.74) is 0.963. The van der Waals surface area contributed by atoms with Gasteiger partial charge in [0.1, 0.15) is 0 Å². The number of hydrogen-bond donors (Lipinski definition) is 2. The molecule has 1 aliphatic carbocycles. The Labute approximate surface area is 206 Å². The van der Waals surface area contributed by atoms with E-state index in [0.717, 1.165) is 48.9 Å². The van der Waals surface area contributed by atoms with Gasteiger partial charge in [-0.2, -0.15) is 13.2 Å². The van der Waals surface area contributed by atoms with Gasteiger partial charge in [0.25, 0.3) is 5.91 Å². The Kier molecular flexibility index (Phi) is 8.14. The van der Waals surface area contributed by atoms with Crippen LogP contribution in [0.4, 0.5) is 13.2 Å². The third-order valence-electron chi connectivity index (χ3n) is 6.34. The molecule has 0 aliphatic heterocycles. The first kappa shape index (κ1) is 25.6. The highest BCUT2D eigenvalue weighted by atomic mass is 19.4. The van der Waals surface area contributed by atoms with Crippen molar-refractivity contribution >= 4 is 11.8 Å². The number of carbonyl (C=O) groups excluding carboxylic acids is 2. The monoisotopic (exact) mass is 503 g/mol. The highest BCUT2D eigenvalue weighted by Gasteiger charge is 2.32. The van der Waals surface area contributed by atoms with Crippen molar-refractivity contribution in [3.8, 4) is 0 Å². The third-order valence-corrected chi connectivity index (χ3v) is 6.34. The minimum atomic E-state index is -4.55. The molecule has 1 fully saturated rings. The third kappa shape index (κ3) is 6.78. The van der Waals surface area contributed by atoms with Gasteiger partial charge in [-0.1, -0.05) is 18.9 Å². The van der Waals surface area contributed by atoms with Gasteiger partial charge in [0.05, 0.1) is 37.2 Å². The average Bonchev–Trinajstić information content (AvgIpc) is 3.57. The van der Waals surface area contributed by atoms with Crippen molar-refractivity contribution in [1.29, 1.82) is 0 Å². The van der Waals surface area contributed by atoms with Crippen LogP contribution in [0.1, 0.15) is 52.7 Å². The molecule has 1 saturated carbocycles. The zero-order chi connectivity index (χ0) is 25.5. The predicted octanol–water partition coefficient (Wildman–Crippen LogP) is 4.75. The lowest BCUT2D eigenvalue weighted by Gasteiger charge is -2.40. The van der Waals surface area contributed by atoms with E-state index < -0.39 is 23.6 Å². The fraction of sp³-hybridized carbons (Fsp3) is 0.385. The molecular formula is C26H28F3N3O4. The van der Waals surface area contributed by atoms with E-state index in [1.54, 1.807) is 25.1 Å². The van der Waals surface area contributed by atoms with Crippen LogP contribution in [0.3, 0.4) is 0 Å². The maximum absolute atomic E-state index is 12.9. The molecule has 3 aromatic rings. The molecule has 2 atom stereocenters. The van der Waals surface area contributed by atoms with Gasteiger partial charge in [-0.3, -0.25) is 14.5 Å². The number of rotatable bonds is 9. The number of alkyl halides is 3. The van der Waals surface area contributed by atoms with E-state index in [-0.39, 0.29) is 24.2 Å². The summed E-state index contributed by atoms with van der Waals surface area (Å²) < 4.78 is 49.3. The molecule has 4 rings (SSSR count). The Morgan fingerprint density at radius 1 is 0.972 bits per heavy atom. The first-order chi connectivity index (χ1) is 17.3. The van der Waals surface area contributed by atoms with Crippen molar-refractivity contribution in [2.75, 3.05) is 6.54 Å². The second-order valence-corrected chi connectivity index (χ2v) is 8.96. The van der Waals surface area contributed by atoms with Gasteiger partial charge < -0.3 is 19.5 Å². The number of nitrogens with zero attached hydrogens (tertiary/aromatic N) is 1. The highest BCUT2D eigenvalue weighted by molar-refractivity contribution is 5.96. The second kappa shape index (κ2) is 11.5. The zero-order valence-electron chi connectivity index (χ0n) is 19.6. The standard InChI is InChI=1S/C26H28F3N3O4/c27-26(28,29)21-5-3-4-20(12-21)25(34)30-13-24(33)31-22-6-1-2-7-23(22)32(14-18-8-10-35-16-18)15-19-9-11-36-17-19/h3-5,8-12,16-17,22-23H,1-2,6-7,13-15H2,(H,30,34)(H,31,33)/t22-,23+/m1/s1. The SMILES string of the molecule is O=C(CNC(=O)c1cccc(C(F)(F)F)c1)N[C@@H]1CCCC[C@@H]1N(Cc1ccoc1)Cc1ccoc1. The van der Waals surface area contributed by atoms with Crippen molar-refractivity contribution in [3.05, 3.63) is 83.7 Å². The Hall–Kier alpha value is -3.53. The molecule has 2 N–H and O–H groups in total. The van der Waals surface area contributed by atoms with E-state index >= 15 is 0 Å². The number of benzene rings is 1. The first-order valence-corrected chi connectivity index (χ1v) is 11.8. The summed E-state index contributed by atoms with van der Waals surface area (Å²) in [4.78, 5) is 27.4. The number of amides is 2. The summed E-state index contributed by atoms with van der Waals surface area (Å²) in [6.07, 6.45) is 5.74. The van der Waals surface area contributed by atoms with Gasteiger partial charge in [-0.25, -0.2) is 0 Å². The van der Waals surface area contributed by atoms with Crippen LogP contribution in [0.5, 0.6) is 0 Å². The van der Waals surface area contributed by atoms with Gasteiger partial charge in [0.15, 0.2) is 0 Å². The van der Waals surface area contributed by atoms with Crippen LogP contribution in [0, 0.1) is 0 Å². The molecule has 1 aromatic carbocycles. The minimum absolute atomic E-state index is 0.0478. The largest absolute Gasteiger partial charge is 0.472 e. The lowest BCUT2D eigenvalue weighted by Crippen LogP contribution is -2.54. The van der Waals surface area contributed by atoms with Crippen LogP contribution in [0.2, 0.25) is 0 Å². The maximum atomic E-state index is 12.9. The fourth-order valence-corrected chi connectivity index (χ4v) is 4.60. The van der Waals surface area contributed by atoms with Crippen molar-refractivity contribution in [2.24, 2.45) is 0 Å². The van der Waals surface area contributed by atoms with Crippen LogP contribution in [0.25, 0.3) is 0 Å². The number of hydrogen-bond acceptors (Lipinski definition) is 5. The summed E-state index contributed by atoms with van der Waals surface area (Å²) in [6, 6.07) is 7.83. The molecule has 1 aliphatic rings. The molecule has 36 heavy (non-hydrogen) atoms. The number of halogens is 3. The van der Waals surface area contributed by atoms with Crippen molar-refractivity contribution in [2.45, 2.75) is 57.0 Å². The molecular weight excluding hydrogens is 475 g/mol. The lowest BCUT2D eigenvalue weighted by atomic mass is 9.88. The van der Waals surface area contributed by atoms with E-state index in [2.05, 4.69) is 15.5 Å². The molecule has 2 amide bonds. The fourth-order valence-electron chi connectivity index (χ4n) is 4.60. The van der Waals surface area contributed by atoms with Crippen LogP contribution >= 0.6 is 0 Å². The normalized spacial score (nSPS) is 18.2. The smallest absolute Gasteiger partial charge is 0.416 e. The highest BCUT2D eigenvalue weighted by Crippen LogP contribution is 2.29. The lowest BCUT2D eigenvalue weighted by molar-refractivity contribution is -0.137. The predicted molar refractivity (Wildman–Crippen MR) is 125 cm³/mol. The van der Waals surface area contributed by atoms with Gasteiger partial charge >= 0.3 is 6.18 Å². The Balaban J connectivity index is 1.38. The van der Waals surface area contributed by atoms with Crippen LogP contribution < -0.4 is 10.6 Å². The topological polar surface area (TPSA) is 87.7 Å². The van der Waals surface area contributed by atoms with Gasteiger partial charge in [-0.05, 0) is 43.2 Å². The summed E-state index contributed by atoms with van der Waals surface area (Å²) in [6.45, 7) is 0.928. The quantitative estimate of drug-likeness (QED) is 0.440. The van der Waals surface area contributed by atoms with Crippen molar-refractivity contribution in [3.63, 3.8) is 0 Å². The molecule has 192 valence electrons. The zero-order valence-corrected chi connectivity index (χ0v) is 19.6. The minimum Gasteiger partial charge on any atom is -0.472 e. The molecule has 0 spiro atoms.